The van der Waals surface area contributed by atoms with Gasteiger partial charge in [-0.1, -0.05) is 0 Å². The molecule has 0 amide bonds. The summed E-state index contributed by atoms with van der Waals surface area (Å²) in [5.41, 5.74) is 0. The van der Waals surface area contributed by atoms with E-state index in [4.69, 9.17) is 15.0 Å². The molecule has 6 heteroatoms. The fraction of sp³-hybridized carbons (Fsp3) is 0. The molecule has 0 unspecified atom stereocenters. The summed E-state index contributed by atoms with van der Waals surface area (Å²) in [5.74, 6) is 0. The normalized spacial score (nSPS) is 3.43. The van der Waals surface area contributed by atoms with Crippen LogP contribution in [0.25, 0.3) is 0 Å². The Morgan fingerprint density at radius 2 is 1.14 bits per heavy atom. The van der Waals surface area contributed by atoms with Gasteiger partial charge in [-0.15, -0.1) is 0 Å². The molecule has 0 saturated heterocycles. The van der Waals surface area contributed by atoms with Crippen LogP contribution in [0, 0.1) is 0 Å². The maximum absolute atomic E-state index is 8.56. The zero-order valence-electron chi connectivity index (χ0n) is 2.80. The monoisotopic (exact) mass is 138 g/mol. The van der Waals surface area contributed by atoms with E-state index in [9.17, 15) is 0 Å². The first-order valence-electron chi connectivity index (χ1n) is 0.651. The third kappa shape index (κ3) is 233. The van der Waals surface area contributed by atoms with Crippen LogP contribution in [0.5, 0.6) is 0 Å². The molecule has 7 heavy (non-hydrogen) atoms. The number of hydrogen-bond donors (Lipinski definition) is 2. The number of hydrogen-bond acceptors (Lipinski definition) is 1. The molecule has 0 fully saturated rings. The summed E-state index contributed by atoms with van der Waals surface area (Å²) < 4.78 is 0. The number of rotatable bonds is 0. The molecule has 0 heterocycles. The molecular formula is CH7KO5. The van der Waals surface area contributed by atoms with Gasteiger partial charge in [-0.05, 0) is 0 Å². The van der Waals surface area contributed by atoms with Crippen LogP contribution in [0.2, 0.25) is 0 Å². The van der Waals surface area contributed by atoms with Crippen LogP contribution < -0.4 is 0 Å². The molecule has 6 N–H and O–H groups in total. The fourth-order valence-electron chi connectivity index (χ4n) is 0. The van der Waals surface area contributed by atoms with Crippen molar-refractivity contribution in [3.63, 3.8) is 0 Å². The van der Waals surface area contributed by atoms with E-state index in [0.29, 0.717) is 0 Å². The Bertz CT molecular complexity index is 31.1. The topological polar surface area (TPSA) is 121 Å². The summed E-state index contributed by atoms with van der Waals surface area (Å²) in [5, 5.41) is 13.9. The molecule has 0 spiro atoms. The van der Waals surface area contributed by atoms with Crippen LogP contribution in [-0.4, -0.2) is 78.7 Å². The van der Waals surface area contributed by atoms with Gasteiger partial charge < -0.3 is 21.2 Å². The predicted octanol–water partition coefficient (Wildman–Crippen LogP) is -2.08. The van der Waals surface area contributed by atoms with Crippen LogP contribution in [-0.2, 0) is 0 Å². The van der Waals surface area contributed by atoms with Gasteiger partial charge in [0.25, 0.3) is 0 Å². The van der Waals surface area contributed by atoms with Crippen molar-refractivity contribution in [1.82, 2.24) is 0 Å². The molecule has 0 aliphatic carbocycles. The van der Waals surface area contributed by atoms with Crippen LogP contribution in [0.3, 0.4) is 0 Å². The van der Waals surface area contributed by atoms with Crippen molar-refractivity contribution in [1.29, 1.82) is 0 Å². The zero-order chi connectivity index (χ0) is 3.58. The second-order valence-corrected chi connectivity index (χ2v) is 0.283. The number of carboxylic acid groups (broad SMARTS) is 2. The van der Waals surface area contributed by atoms with Crippen molar-refractivity contribution in [2.45, 2.75) is 0 Å². The van der Waals surface area contributed by atoms with Gasteiger partial charge in [0.2, 0.25) is 0 Å². The first-order chi connectivity index (χ1) is 1.73. The standard InChI is InChI=1S/CH2O3.K.2H2O.H/c2-1(3)4;;;;/h(H2,2,3,4);;2*1H2;. The summed E-state index contributed by atoms with van der Waals surface area (Å²) in [6.07, 6.45) is -1.83. The van der Waals surface area contributed by atoms with Gasteiger partial charge in [-0.3, -0.25) is 0 Å². The molecule has 0 aliphatic rings. The molecule has 0 bridgehead atoms. The molecule has 0 atom stereocenters. The Kier molecular flexibility index (Phi) is 56.3. The van der Waals surface area contributed by atoms with Gasteiger partial charge in [-0.2, -0.15) is 0 Å². The minimum atomic E-state index is -1.83. The fourth-order valence-corrected chi connectivity index (χ4v) is 0. The quantitative estimate of drug-likeness (QED) is 0.374. The average molecular weight is 138 g/mol. The molecule has 0 aromatic rings. The minimum absolute atomic E-state index is 0. The molecule has 0 aliphatic heterocycles. The Hall–Kier alpha value is 0.826. The molecular weight excluding hydrogens is 131 g/mol. The molecule has 0 radical (unpaired) electrons. The van der Waals surface area contributed by atoms with Crippen molar-refractivity contribution in [2.24, 2.45) is 0 Å². The van der Waals surface area contributed by atoms with E-state index in [-0.39, 0.29) is 62.3 Å². The van der Waals surface area contributed by atoms with Gasteiger partial charge in [0.15, 0.2) is 0 Å². The first kappa shape index (κ1) is 24.9. The second-order valence-electron chi connectivity index (χ2n) is 0.283. The first-order valence-corrected chi connectivity index (χ1v) is 0.651. The third-order valence-electron chi connectivity index (χ3n) is 0. The Labute approximate surface area is 82.4 Å². The summed E-state index contributed by atoms with van der Waals surface area (Å²) in [4.78, 5) is 8.56. The van der Waals surface area contributed by atoms with Crippen LogP contribution >= 0.6 is 0 Å². The summed E-state index contributed by atoms with van der Waals surface area (Å²) in [6, 6.07) is 0. The summed E-state index contributed by atoms with van der Waals surface area (Å²) >= 11 is 0. The van der Waals surface area contributed by atoms with Crippen molar-refractivity contribution < 1.29 is 26.0 Å². The molecule has 0 aromatic heterocycles. The Balaban J connectivity index is -0.0000000150. The van der Waals surface area contributed by atoms with E-state index in [1.165, 1.54) is 0 Å². The predicted molar refractivity (Wildman–Crippen MR) is 25.0 cm³/mol. The van der Waals surface area contributed by atoms with E-state index in [2.05, 4.69) is 0 Å². The van der Waals surface area contributed by atoms with Gasteiger partial charge in [-0.25, -0.2) is 4.79 Å². The Morgan fingerprint density at radius 1 is 1.14 bits per heavy atom. The average Bonchev–Trinajstić information content (AvgIpc) is 0.811. The molecule has 0 rings (SSSR count). The third-order valence-corrected chi connectivity index (χ3v) is 0. The molecule has 0 saturated carbocycles. The molecule has 5 nitrogen and oxygen atoms in total. The van der Waals surface area contributed by atoms with E-state index in [1.54, 1.807) is 0 Å². The summed E-state index contributed by atoms with van der Waals surface area (Å²) in [6.45, 7) is 0. The van der Waals surface area contributed by atoms with Crippen LogP contribution in [0.4, 0.5) is 4.79 Å². The van der Waals surface area contributed by atoms with Crippen molar-refractivity contribution >= 4 is 57.5 Å². The van der Waals surface area contributed by atoms with E-state index in [0.717, 1.165) is 0 Å². The molecule has 42 valence electrons. The van der Waals surface area contributed by atoms with Gasteiger partial charge >= 0.3 is 57.5 Å². The second kappa shape index (κ2) is 15.8. The van der Waals surface area contributed by atoms with Crippen molar-refractivity contribution in [3.05, 3.63) is 0 Å². The SMILES string of the molecule is O.O.O=C(O)O.[KH]. The van der Waals surface area contributed by atoms with Gasteiger partial charge in [0.05, 0.1) is 0 Å². The Morgan fingerprint density at radius 3 is 1.14 bits per heavy atom. The summed E-state index contributed by atoms with van der Waals surface area (Å²) in [7, 11) is 0. The van der Waals surface area contributed by atoms with Crippen LogP contribution in [0.1, 0.15) is 0 Å². The van der Waals surface area contributed by atoms with Gasteiger partial charge in [0.1, 0.15) is 0 Å². The number of carbonyl (C=O) groups is 1. The molecule has 0 aromatic carbocycles. The van der Waals surface area contributed by atoms with E-state index < -0.39 is 6.16 Å². The van der Waals surface area contributed by atoms with Crippen molar-refractivity contribution in [3.8, 4) is 0 Å². The maximum atomic E-state index is 8.56. The van der Waals surface area contributed by atoms with E-state index >= 15 is 0 Å². The van der Waals surface area contributed by atoms with E-state index in [1.807, 2.05) is 0 Å². The zero-order valence-corrected chi connectivity index (χ0v) is 2.80. The van der Waals surface area contributed by atoms with Crippen LogP contribution in [0.15, 0.2) is 0 Å². The van der Waals surface area contributed by atoms with Crippen molar-refractivity contribution in [2.75, 3.05) is 0 Å². The van der Waals surface area contributed by atoms with Gasteiger partial charge in [0, 0.05) is 0 Å².